The highest BCUT2D eigenvalue weighted by Crippen LogP contribution is 2.23. The van der Waals surface area contributed by atoms with Crippen LogP contribution in [0.5, 0.6) is 0 Å². The Kier molecular flexibility index (Phi) is 6.16. The molecular weight excluding hydrogens is 292 g/mol. The highest BCUT2D eigenvalue weighted by molar-refractivity contribution is 5.83. The zero-order chi connectivity index (χ0) is 16.8. The van der Waals surface area contributed by atoms with Gasteiger partial charge in [0.1, 0.15) is 6.04 Å². The number of nitrogens with two attached hydrogens (primary N) is 1. The minimum absolute atomic E-state index is 0.338. The van der Waals surface area contributed by atoms with Gasteiger partial charge in [0.2, 0.25) is 0 Å². The molecule has 1 aromatic carbocycles. The van der Waals surface area contributed by atoms with Crippen LogP contribution in [0.25, 0.3) is 0 Å². The number of hydrogen-bond acceptors (Lipinski definition) is 4. The monoisotopic (exact) mass is 318 g/mol. The van der Waals surface area contributed by atoms with Crippen molar-refractivity contribution in [2.45, 2.75) is 45.3 Å². The zero-order valence-electron chi connectivity index (χ0n) is 13.9. The lowest BCUT2D eigenvalue weighted by molar-refractivity contribution is -0.159. The van der Waals surface area contributed by atoms with Crippen molar-refractivity contribution in [3.63, 3.8) is 0 Å². The summed E-state index contributed by atoms with van der Waals surface area (Å²) < 4.78 is 5.09. The second kappa shape index (κ2) is 8.11. The number of esters is 1. The predicted molar refractivity (Wildman–Crippen MR) is 88.7 cm³/mol. The number of likely N-dealkylation sites (tertiary alicyclic amines) is 1. The first-order valence-corrected chi connectivity index (χ1v) is 8.25. The van der Waals surface area contributed by atoms with Gasteiger partial charge in [0, 0.05) is 0 Å². The molecule has 1 aliphatic heterocycles. The predicted octanol–water partition coefficient (Wildman–Crippen LogP) is 1.75. The van der Waals surface area contributed by atoms with Crippen LogP contribution in [0.1, 0.15) is 32.3 Å². The number of hydrogen-bond donors (Lipinski definition) is 1. The Morgan fingerprint density at radius 3 is 2.39 bits per heavy atom. The van der Waals surface area contributed by atoms with Gasteiger partial charge in [-0.2, -0.15) is 0 Å². The van der Waals surface area contributed by atoms with Gasteiger partial charge >= 0.3 is 5.97 Å². The van der Waals surface area contributed by atoms with Crippen molar-refractivity contribution in [1.82, 2.24) is 4.90 Å². The summed E-state index contributed by atoms with van der Waals surface area (Å²) in [5.74, 6) is -0.341. The lowest BCUT2D eigenvalue weighted by Crippen LogP contribution is -2.46. The van der Waals surface area contributed by atoms with Crippen LogP contribution in [0.2, 0.25) is 0 Å². The molecule has 0 saturated carbocycles. The van der Waals surface area contributed by atoms with Crippen molar-refractivity contribution < 1.29 is 14.3 Å². The Hall–Kier alpha value is -1.88. The molecular formula is C18H26N2O3. The molecule has 1 aromatic rings. The molecule has 5 nitrogen and oxygen atoms in total. The first kappa shape index (κ1) is 17.5. The molecule has 0 aromatic heterocycles. The van der Waals surface area contributed by atoms with Gasteiger partial charge in [-0.1, -0.05) is 30.3 Å². The average molecular weight is 318 g/mol. The molecule has 2 rings (SSSR count). The van der Waals surface area contributed by atoms with Crippen LogP contribution in [0.15, 0.2) is 30.3 Å². The van der Waals surface area contributed by atoms with Crippen molar-refractivity contribution in [3.8, 4) is 0 Å². The van der Waals surface area contributed by atoms with Gasteiger partial charge in [0.05, 0.1) is 0 Å². The van der Waals surface area contributed by atoms with Crippen LogP contribution in [0.4, 0.5) is 0 Å². The Bertz CT molecular complexity index is 524. The molecule has 0 bridgehead atoms. The number of primary amides is 1. The number of rotatable bonds is 6. The van der Waals surface area contributed by atoms with Crippen LogP contribution in [-0.4, -0.2) is 42.0 Å². The van der Waals surface area contributed by atoms with E-state index in [1.165, 1.54) is 12.5 Å². The molecule has 2 N–H and O–H groups in total. The first-order chi connectivity index (χ1) is 11.0. The van der Waals surface area contributed by atoms with Crippen molar-refractivity contribution in [3.05, 3.63) is 35.9 Å². The number of ether oxygens (including phenoxy) is 1. The summed E-state index contributed by atoms with van der Waals surface area (Å²) in [5, 5.41) is 0. The zero-order valence-corrected chi connectivity index (χ0v) is 13.9. The van der Waals surface area contributed by atoms with Crippen LogP contribution in [-0.2, 0) is 20.7 Å². The van der Waals surface area contributed by atoms with E-state index in [0.717, 1.165) is 32.4 Å². The van der Waals surface area contributed by atoms with E-state index in [1.807, 2.05) is 13.0 Å². The summed E-state index contributed by atoms with van der Waals surface area (Å²) in [6, 6.07) is 10.2. The molecule has 1 saturated heterocycles. The van der Waals surface area contributed by atoms with Crippen molar-refractivity contribution in [1.29, 1.82) is 0 Å². The fourth-order valence-electron chi connectivity index (χ4n) is 2.97. The van der Waals surface area contributed by atoms with Crippen LogP contribution in [0, 0.1) is 5.92 Å². The number of amides is 1. The normalized spacial score (nSPS) is 19.0. The van der Waals surface area contributed by atoms with Gasteiger partial charge in [0.15, 0.2) is 6.10 Å². The summed E-state index contributed by atoms with van der Waals surface area (Å²) in [4.78, 5) is 25.2. The smallest absolute Gasteiger partial charge is 0.323 e. The molecule has 23 heavy (non-hydrogen) atoms. The Labute approximate surface area is 137 Å². The van der Waals surface area contributed by atoms with Crippen molar-refractivity contribution in [2.24, 2.45) is 11.7 Å². The number of carbonyl (C=O) groups is 2. The Balaban J connectivity index is 1.79. The average Bonchev–Trinajstić information content (AvgIpc) is 2.55. The van der Waals surface area contributed by atoms with Gasteiger partial charge in [-0.05, 0) is 57.7 Å². The molecule has 0 aliphatic carbocycles. The molecule has 1 aliphatic rings. The van der Waals surface area contributed by atoms with Gasteiger partial charge in [0.25, 0.3) is 5.91 Å². The molecule has 1 heterocycles. The number of nitrogens with zero attached hydrogens (tertiary/aromatic N) is 1. The number of benzene rings is 1. The largest absolute Gasteiger partial charge is 0.451 e. The number of piperidine rings is 1. The van der Waals surface area contributed by atoms with Crippen molar-refractivity contribution >= 4 is 11.9 Å². The van der Waals surface area contributed by atoms with Gasteiger partial charge in [-0.25, -0.2) is 0 Å². The second-order valence-electron chi connectivity index (χ2n) is 6.33. The van der Waals surface area contributed by atoms with Gasteiger partial charge in [-0.3, -0.25) is 14.5 Å². The highest BCUT2D eigenvalue weighted by Gasteiger charge is 2.29. The molecule has 0 unspecified atom stereocenters. The van der Waals surface area contributed by atoms with Crippen molar-refractivity contribution in [2.75, 3.05) is 13.1 Å². The van der Waals surface area contributed by atoms with E-state index in [4.69, 9.17) is 10.5 Å². The van der Waals surface area contributed by atoms with E-state index < -0.39 is 12.0 Å². The Morgan fingerprint density at radius 1 is 1.22 bits per heavy atom. The minimum atomic E-state index is -0.874. The van der Waals surface area contributed by atoms with E-state index in [9.17, 15) is 9.59 Å². The van der Waals surface area contributed by atoms with E-state index in [0.29, 0.717) is 5.92 Å². The third-order valence-electron chi connectivity index (χ3n) is 4.60. The van der Waals surface area contributed by atoms with Crippen LogP contribution >= 0.6 is 0 Å². The summed E-state index contributed by atoms with van der Waals surface area (Å²) in [6.45, 7) is 5.07. The summed E-state index contributed by atoms with van der Waals surface area (Å²) in [6.07, 6.45) is 2.35. The Morgan fingerprint density at radius 2 is 1.83 bits per heavy atom. The fraction of sp³-hybridized carbons (Fsp3) is 0.556. The van der Waals surface area contributed by atoms with Gasteiger partial charge in [-0.15, -0.1) is 0 Å². The molecule has 1 fully saturated rings. The summed E-state index contributed by atoms with van der Waals surface area (Å²) in [5.41, 5.74) is 6.49. The van der Waals surface area contributed by atoms with Crippen LogP contribution in [0.3, 0.4) is 0 Å². The topological polar surface area (TPSA) is 72.6 Å². The summed E-state index contributed by atoms with van der Waals surface area (Å²) >= 11 is 0. The maximum atomic E-state index is 12.1. The molecule has 0 spiro atoms. The SMILES string of the molecule is C[C@@H](OC(=O)[C@H](C)N1CCC(Cc2ccccc2)CC1)C(N)=O. The maximum Gasteiger partial charge on any atom is 0.323 e. The number of carbonyl (C=O) groups excluding carboxylic acids is 2. The fourth-order valence-corrected chi connectivity index (χ4v) is 2.97. The minimum Gasteiger partial charge on any atom is -0.451 e. The van der Waals surface area contributed by atoms with Gasteiger partial charge < -0.3 is 10.5 Å². The van der Waals surface area contributed by atoms with E-state index in [-0.39, 0.29) is 12.0 Å². The third kappa shape index (κ3) is 5.06. The highest BCUT2D eigenvalue weighted by atomic mass is 16.5. The second-order valence-corrected chi connectivity index (χ2v) is 6.33. The quantitative estimate of drug-likeness (QED) is 0.811. The molecule has 126 valence electrons. The van der Waals surface area contributed by atoms with E-state index in [1.54, 1.807) is 0 Å². The molecule has 2 atom stereocenters. The third-order valence-corrected chi connectivity index (χ3v) is 4.60. The maximum absolute atomic E-state index is 12.1. The summed E-state index contributed by atoms with van der Waals surface area (Å²) in [7, 11) is 0. The van der Waals surface area contributed by atoms with E-state index >= 15 is 0 Å². The first-order valence-electron chi connectivity index (χ1n) is 8.25. The standard InChI is InChI=1S/C18H26N2O3/c1-13(18(22)23-14(2)17(19)21)20-10-8-16(9-11-20)12-15-6-4-3-5-7-15/h3-7,13-14,16H,8-12H2,1-2H3,(H2,19,21)/t13-,14+/m0/s1. The molecule has 5 heteroatoms. The lowest BCUT2D eigenvalue weighted by atomic mass is 9.89. The molecule has 1 amide bonds. The lowest BCUT2D eigenvalue weighted by Gasteiger charge is -2.35. The molecule has 0 radical (unpaired) electrons. The van der Waals surface area contributed by atoms with Crippen LogP contribution < -0.4 is 5.73 Å². The van der Waals surface area contributed by atoms with E-state index in [2.05, 4.69) is 29.2 Å².